The Kier molecular flexibility index (Phi) is 6.43. The third kappa shape index (κ3) is 5.54. The van der Waals surface area contributed by atoms with Crippen molar-refractivity contribution in [3.63, 3.8) is 0 Å². The highest BCUT2D eigenvalue weighted by molar-refractivity contribution is 7.89. The van der Waals surface area contributed by atoms with E-state index in [1.165, 1.54) is 24.3 Å². The van der Waals surface area contributed by atoms with Gasteiger partial charge in [-0.15, -0.1) is 6.58 Å². The maximum atomic E-state index is 12.5. The van der Waals surface area contributed by atoms with Crippen molar-refractivity contribution in [1.29, 1.82) is 0 Å². The monoisotopic (exact) mass is 408 g/mol. The summed E-state index contributed by atoms with van der Waals surface area (Å²) in [5.74, 6) is 0.936. The second-order valence-electron chi connectivity index (χ2n) is 6.06. The normalized spacial score (nSPS) is 10.9. The van der Waals surface area contributed by atoms with E-state index in [-0.39, 0.29) is 17.0 Å². The van der Waals surface area contributed by atoms with Crippen LogP contribution in [0.4, 0.5) is 5.69 Å². The minimum absolute atomic E-state index is 0.0126. The minimum atomic E-state index is -3.70. The molecule has 0 saturated carbocycles. The van der Waals surface area contributed by atoms with E-state index in [0.29, 0.717) is 17.2 Å². The van der Waals surface area contributed by atoms with Gasteiger partial charge in [0.2, 0.25) is 10.0 Å². The van der Waals surface area contributed by atoms with Crippen LogP contribution >= 0.6 is 0 Å². The van der Waals surface area contributed by atoms with E-state index in [9.17, 15) is 13.2 Å². The lowest BCUT2D eigenvalue weighted by Crippen LogP contribution is -2.24. The number of anilines is 1. The second-order valence-corrected chi connectivity index (χ2v) is 7.83. The molecule has 3 aromatic rings. The standard InChI is InChI=1S/C22H20N2O4S/c1-2-15-23-29(26,27)21-10-6-7-17(16-21)22(25)24-18-11-13-20(14-12-18)28-19-8-4-3-5-9-19/h2-14,16,23H,1,15H2,(H,24,25). The Hall–Kier alpha value is -3.42. The Morgan fingerprint density at radius 2 is 1.62 bits per heavy atom. The highest BCUT2D eigenvalue weighted by Gasteiger charge is 2.15. The molecule has 0 spiro atoms. The van der Waals surface area contributed by atoms with Gasteiger partial charge in [0, 0.05) is 17.8 Å². The molecule has 0 bridgehead atoms. The van der Waals surface area contributed by atoms with E-state index < -0.39 is 15.9 Å². The summed E-state index contributed by atoms with van der Waals surface area (Å²) in [6.45, 7) is 3.59. The van der Waals surface area contributed by atoms with E-state index in [4.69, 9.17) is 4.74 Å². The molecule has 1 amide bonds. The first kappa shape index (κ1) is 20.3. The number of carbonyl (C=O) groups is 1. The predicted molar refractivity (Wildman–Crippen MR) is 113 cm³/mol. The zero-order chi connectivity index (χ0) is 20.7. The number of sulfonamides is 1. The number of amides is 1. The lowest BCUT2D eigenvalue weighted by Gasteiger charge is -2.09. The van der Waals surface area contributed by atoms with Crippen molar-refractivity contribution in [1.82, 2.24) is 4.72 Å². The zero-order valence-electron chi connectivity index (χ0n) is 15.5. The zero-order valence-corrected chi connectivity index (χ0v) is 16.4. The SMILES string of the molecule is C=CCNS(=O)(=O)c1cccc(C(=O)Nc2ccc(Oc3ccccc3)cc2)c1. The van der Waals surface area contributed by atoms with Gasteiger partial charge in [-0.25, -0.2) is 13.1 Å². The van der Waals surface area contributed by atoms with Crippen LogP contribution in [0.2, 0.25) is 0 Å². The number of hydrogen-bond donors (Lipinski definition) is 2. The molecule has 0 heterocycles. The van der Waals surface area contributed by atoms with Crippen molar-refractivity contribution in [2.45, 2.75) is 4.90 Å². The van der Waals surface area contributed by atoms with E-state index in [0.717, 1.165) is 0 Å². The average Bonchev–Trinajstić information content (AvgIpc) is 2.74. The summed E-state index contributed by atoms with van der Waals surface area (Å²) >= 11 is 0. The maximum absolute atomic E-state index is 12.5. The molecule has 0 aliphatic carbocycles. The van der Waals surface area contributed by atoms with Gasteiger partial charge in [0.1, 0.15) is 11.5 Å². The van der Waals surface area contributed by atoms with Gasteiger partial charge in [-0.2, -0.15) is 0 Å². The Morgan fingerprint density at radius 1 is 0.931 bits per heavy atom. The highest BCUT2D eigenvalue weighted by Crippen LogP contribution is 2.23. The van der Waals surface area contributed by atoms with Crippen molar-refractivity contribution in [3.8, 4) is 11.5 Å². The molecular weight excluding hydrogens is 388 g/mol. The van der Waals surface area contributed by atoms with Gasteiger partial charge < -0.3 is 10.1 Å². The smallest absolute Gasteiger partial charge is 0.255 e. The minimum Gasteiger partial charge on any atom is -0.457 e. The fraction of sp³-hybridized carbons (Fsp3) is 0.0455. The van der Waals surface area contributed by atoms with Gasteiger partial charge in [0.05, 0.1) is 4.90 Å². The van der Waals surface area contributed by atoms with Crippen molar-refractivity contribution in [3.05, 3.63) is 97.1 Å². The molecule has 0 aromatic heterocycles. The van der Waals surface area contributed by atoms with Crippen LogP contribution in [0, 0.1) is 0 Å². The molecule has 0 aliphatic rings. The number of para-hydroxylation sites is 1. The van der Waals surface area contributed by atoms with Crippen molar-refractivity contribution < 1.29 is 17.9 Å². The molecule has 3 rings (SSSR count). The van der Waals surface area contributed by atoms with Gasteiger partial charge >= 0.3 is 0 Å². The van der Waals surface area contributed by atoms with Crippen LogP contribution in [0.5, 0.6) is 11.5 Å². The Morgan fingerprint density at radius 3 is 2.31 bits per heavy atom. The van der Waals surface area contributed by atoms with Crippen LogP contribution in [0.3, 0.4) is 0 Å². The summed E-state index contributed by atoms with van der Waals surface area (Å²) in [5.41, 5.74) is 0.796. The molecule has 0 radical (unpaired) electrons. The number of hydrogen-bond acceptors (Lipinski definition) is 4. The fourth-order valence-corrected chi connectivity index (χ4v) is 3.53. The quantitative estimate of drug-likeness (QED) is 0.547. The molecule has 2 N–H and O–H groups in total. The van der Waals surface area contributed by atoms with Crippen molar-refractivity contribution in [2.24, 2.45) is 0 Å². The molecule has 0 aliphatic heterocycles. The summed E-state index contributed by atoms with van der Waals surface area (Å²) < 4.78 is 32.5. The van der Waals surface area contributed by atoms with E-state index in [2.05, 4.69) is 16.6 Å². The van der Waals surface area contributed by atoms with E-state index in [1.807, 2.05) is 30.3 Å². The van der Waals surface area contributed by atoms with Crippen molar-refractivity contribution in [2.75, 3.05) is 11.9 Å². The number of carbonyl (C=O) groups excluding carboxylic acids is 1. The van der Waals surface area contributed by atoms with Gasteiger partial charge in [-0.05, 0) is 54.6 Å². The molecule has 0 unspecified atom stereocenters. The van der Waals surface area contributed by atoms with Crippen LogP contribution in [0.1, 0.15) is 10.4 Å². The van der Waals surface area contributed by atoms with Crippen LogP contribution < -0.4 is 14.8 Å². The number of benzene rings is 3. The van der Waals surface area contributed by atoms with Gasteiger partial charge in [-0.1, -0.05) is 30.3 Å². The molecule has 0 saturated heterocycles. The lowest BCUT2D eigenvalue weighted by atomic mass is 10.2. The summed E-state index contributed by atoms with van der Waals surface area (Å²) in [7, 11) is -3.70. The molecule has 148 valence electrons. The van der Waals surface area contributed by atoms with Crippen LogP contribution in [0.25, 0.3) is 0 Å². The third-order valence-corrected chi connectivity index (χ3v) is 5.34. The molecule has 0 fully saturated rings. The lowest BCUT2D eigenvalue weighted by molar-refractivity contribution is 0.102. The largest absolute Gasteiger partial charge is 0.457 e. The average molecular weight is 408 g/mol. The molecule has 6 nitrogen and oxygen atoms in total. The Balaban J connectivity index is 1.69. The molecular formula is C22H20N2O4S. The predicted octanol–water partition coefficient (Wildman–Crippen LogP) is 4.20. The molecule has 3 aromatic carbocycles. The Bertz CT molecular complexity index is 1100. The van der Waals surface area contributed by atoms with E-state index in [1.54, 1.807) is 30.3 Å². The highest BCUT2D eigenvalue weighted by atomic mass is 32.2. The summed E-state index contributed by atoms with van der Waals surface area (Å²) in [6.07, 6.45) is 1.44. The first-order chi connectivity index (χ1) is 14.0. The van der Waals surface area contributed by atoms with E-state index >= 15 is 0 Å². The van der Waals surface area contributed by atoms with Crippen molar-refractivity contribution >= 4 is 21.6 Å². The topological polar surface area (TPSA) is 84.5 Å². The second kappa shape index (κ2) is 9.18. The molecule has 0 atom stereocenters. The van der Waals surface area contributed by atoms with Gasteiger partial charge in [0.15, 0.2) is 0 Å². The Labute approximate surface area is 169 Å². The molecule has 7 heteroatoms. The van der Waals surface area contributed by atoms with Crippen LogP contribution in [0.15, 0.2) is 96.4 Å². The van der Waals surface area contributed by atoms with Crippen LogP contribution in [-0.2, 0) is 10.0 Å². The van der Waals surface area contributed by atoms with Gasteiger partial charge in [0.25, 0.3) is 5.91 Å². The fourth-order valence-electron chi connectivity index (χ4n) is 2.49. The third-order valence-electron chi connectivity index (χ3n) is 3.92. The number of ether oxygens (including phenoxy) is 1. The number of rotatable bonds is 8. The summed E-state index contributed by atoms with van der Waals surface area (Å²) in [4.78, 5) is 12.5. The summed E-state index contributed by atoms with van der Waals surface area (Å²) in [6, 6.07) is 22.1. The maximum Gasteiger partial charge on any atom is 0.255 e. The number of nitrogens with one attached hydrogen (secondary N) is 2. The molecule has 29 heavy (non-hydrogen) atoms. The first-order valence-electron chi connectivity index (χ1n) is 8.83. The first-order valence-corrected chi connectivity index (χ1v) is 10.3. The summed E-state index contributed by atoms with van der Waals surface area (Å²) in [5, 5.41) is 2.75. The van der Waals surface area contributed by atoms with Gasteiger partial charge in [-0.3, -0.25) is 4.79 Å². The van der Waals surface area contributed by atoms with Crippen LogP contribution in [-0.4, -0.2) is 20.9 Å².